The van der Waals surface area contributed by atoms with Crippen LogP contribution in [0.2, 0.25) is 0 Å². The standard InChI is InChI=1S/C13H2F10O6S2/c14-3-1(4(15)8(19)11(22)7(3)18)13(30(24,25)26,31(27,28)29)2-5(16)9(20)12(23)10(21)6(2)17/h(H,24,25,26)(H,27,28,29). The zero-order chi connectivity index (χ0) is 24.4. The van der Waals surface area contributed by atoms with Crippen LogP contribution in [0.15, 0.2) is 0 Å². The van der Waals surface area contributed by atoms with Gasteiger partial charge in [-0.05, 0) is 0 Å². The van der Waals surface area contributed by atoms with E-state index in [1.807, 2.05) is 0 Å². The SMILES string of the molecule is O=S(=O)(O)C(c1c(F)c(F)c(F)c(F)c1F)(c1c(F)c(F)c(F)c(F)c1F)S(=O)(=O)O. The maximum atomic E-state index is 14.2. The first kappa shape index (κ1) is 24.8. The molecule has 2 aromatic carbocycles. The molecule has 18 heteroatoms. The highest BCUT2D eigenvalue weighted by Gasteiger charge is 2.65. The van der Waals surface area contributed by atoms with Gasteiger partial charge in [-0.2, -0.15) is 16.8 Å². The predicted octanol–water partition coefficient (Wildman–Crippen LogP) is 3.05. The van der Waals surface area contributed by atoms with E-state index in [9.17, 15) is 69.8 Å². The summed E-state index contributed by atoms with van der Waals surface area (Å²) >= 11 is 0. The number of hydrogen-bond acceptors (Lipinski definition) is 4. The lowest BCUT2D eigenvalue weighted by Gasteiger charge is -2.30. The van der Waals surface area contributed by atoms with Gasteiger partial charge in [0.05, 0.1) is 11.1 Å². The normalized spacial score (nSPS) is 13.0. The molecular formula is C13H2F10O6S2. The first-order valence-electron chi connectivity index (χ1n) is 6.83. The fraction of sp³-hybridized carbons (Fsp3) is 0.0769. The van der Waals surface area contributed by atoms with Crippen molar-refractivity contribution in [1.29, 1.82) is 0 Å². The Morgan fingerprint density at radius 1 is 0.419 bits per heavy atom. The van der Waals surface area contributed by atoms with Gasteiger partial charge in [-0.3, -0.25) is 9.11 Å². The van der Waals surface area contributed by atoms with Crippen LogP contribution in [0.25, 0.3) is 0 Å². The second-order valence-electron chi connectivity index (χ2n) is 5.46. The zero-order valence-electron chi connectivity index (χ0n) is 13.6. The minimum atomic E-state index is -7.28. The van der Waals surface area contributed by atoms with Crippen molar-refractivity contribution in [1.82, 2.24) is 0 Å². The number of rotatable bonds is 4. The van der Waals surface area contributed by atoms with Crippen LogP contribution in [0.4, 0.5) is 43.9 Å². The second kappa shape index (κ2) is 7.31. The summed E-state index contributed by atoms with van der Waals surface area (Å²) in [7, 11) is -14.6. The van der Waals surface area contributed by atoms with Gasteiger partial charge in [0.25, 0.3) is 24.3 Å². The topological polar surface area (TPSA) is 109 Å². The molecule has 31 heavy (non-hydrogen) atoms. The summed E-state index contributed by atoms with van der Waals surface area (Å²) in [6.07, 6.45) is 0. The van der Waals surface area contributed by atoms with E-state index in [0.717, 1.165) is 0 Å². The minimum Gasteiger partial charge on any atom is -0.284 e. The Kier molecular flexibility index (Phi) is 5.86. The molecule has 0 aromatic heterocycles. The summed E-state index contributed by atoms with van der Waals surface area (Å²) in [5, 5.41) is 0. The molecule has 0 unspecified atom stereocenters. The molecule has 0 saturated carbocycles. The summed E-state index contributed by atoms with van der Waals surface area (Å²) in [5.41, 5.74) is -6.76. The molecule has 0 aliphatic heterocycles. The van der Waals surface area contributed by atoms with E-state index in [1.54, 1.807) is 0 Å². The van der Waals surface area contributed by atoms with Crippen molar-refractivity contribution in [3.8, 4) is 0 Å². The van der Waals surface area contributed by atoms with Crippen LogP contribution in [-0.2, 0) is 24.3 Å². The predicted molar refractivity (Wildman–Crippen MR) is 76.3 cm³/mol. The Labute approximate surface area is 164 Å². The Morgan fingerprint density at radius 3 is 0.742 bits per heavy atom. The molecule has 0 spiro atoms. The van der Waals surface area contributed by atoms with Gasteiger partial charge in [-0.15, -0.1) is 0 Å². The van der Waals surface area contributed by atoms with Gasteiger partial charge >= 0.3 is 0 Å². The zero-order valence-corrected chi connectivity index (χ0v) is 15.3. The molecular weight excluding hydrogens is 506 g/mol. The maximum Gasteiger partial charge on any atom is 0.297 e. The van der Waals surface area contributed by atoms with Gasteiger partial charge in [0.1, 0.15) is 0 Å². The first-order chi connectivity index (χ1) is 13.9. The third-order valence-electron chi connectivity index (χ3n) is 3.80. The van der Waals surface area contributed by atoms with Crippen molar-refractivity contribution in [3.63, 3.8) is 0 Å². The summed E-state index contributed by atoms with van der Waals surface area (Å²) in [6.45, 7) is 0. The van der Waals surface area contributed by atoms with E-state index in [1.165, 1.54) is 0 Å². The first-order valence-corrected chi connectivity index (χ1v) is 9.71. The summed E-state index contributed by atoms with van der Waals surface area (Å²) in [5.74, 6) is -32.9. The quantitative estimate of drug-likeness (QED) is 0.285. The van der Waals surface area contributed by atoms with Crippen LogP contribution in [0.3, 0.4) is 0 Å². The molecule has 0 bridgehead atoms. The monoisotopic (exact) mass is 508 g/mol. The Balaban J connectivity index is 3.51. The van der Waals surface area contributed by atoms with Crippen molar-refractivity contribution in [2.75, 3.05) is 0 Å². The van der Waals surface area contributed by atoms with Crippen LogP contribution >= 0.6 is 0 Å². The van der Waals surface area contributed by atoms with Crippen molar-refractivity contribution < 1.29 is 69.8 Å². The molecule has 0 radical (unpaired) electrons. The fourth-order valence-electron chi connectivity index (χ4n) is 2.56. The van der Waals surface area contributed by atoms with Crippen LogP contribution in [0.5, 0.6) is 0 Å². The molecule has 2 rings (SSSR count). The second-order valence-corrected chi connectivity index (χ2v) is 8.84. The van der Waals surface area contributed by atoms with Crippen molar-refractivity contribution in [2.45, 2.75) is 4.08 Å². The summed E-state index contributed by atoms with van der Waals surface area (Å²) in [6, 6.07) is 0. The average molecular weight is 508 g/mol. The third kappa shape index (κ3) is 3.15. The average Bonchev–Trinajstić information content (AvgIpc) is 2.64. The van der Waals surface area contributed by atoms with Crippen molar-refractivity contribution in [3.05, 3.63) is 69.3 Å². The minimum absolute atomic E-state index is 3.09. The Hall–Kier alpha value is -2.44. The highest BCUT2D eigenvalue weighted by atomic mass is 32.3. The molecule has 0 heterocycles. The van der Waals surface area contributed by atoms with Crippen molar-refractivity contribution >= 4 is 20.2 Å². The van der Waals surface area contributed by atoms with E-state index in [-0.39, 0.29) is 0 Å². The largest absolute Gasteiger partial charge is 0.297 e. The molecule has 0 aliphatic rings. The van der Waals surface area contributed by atoms with E-state index >= 15 is 0 Å². The lowest BCUT2D eigenvalue weighted by molar-refractivity contribution is 0.345. The van der Waals surface area contributed by atoms with Gasteiger partial charge in [0.15, 0.2) is 46.5 Å². The maximum absolute atomic E-state index is 14.2. The molecule has 0 aliphatic carbocycles. The highest BCUT2D eigenvalue weighted by molar-refractivity contribution is 8.04. The van der Waals surface area contributed by atoms with Crippen LogP contribution in [-0.4, -0.2) is 25.9 Å². The number of hydrogen-bond donors (Lipinski definition) is 2. The molecule has 0 saturated heterocycles. The number of halogens is 10. The Bertz CT molecular complexity index is 1180. The van der Waals surface area contributed by atoms with E-state index in [4.69, 9.17) is 0 Å². The summed E-state index contributed by atoms with van der Waals surface area (Å²) in [4.78, 5) is 0. The molecule has 2 aromatic rings. The molecule has 0 fully saturated rings. The summed E-state index contributed by atoms with van der Waals surface area (Å²) < 4.78 is 197. The third-order valence-corrected chi connectivity index (χ3v) is 7.34. The molecule has 172 valence electrons. The van der Waals surface area contributed by atoms with Crippen LogP contribution < -0.4 is 0 Å². The molecule has 6 nitrogen and oxygen atoms in total. The lowest BCUT2D eigenvalue weighted by Crippen LogP contribution is -2.48. The molecule has 0 amide bonds. The fourth-order valence-corrected chi connectivity index (χ4v) is 5.38. The van der Waals surface area contributed by atoms with Gasteiger partial charge in [-0.1, -0.05) is 0 Å². The van der Waals surface area contributed by atoms with Crippen molar-refractivity contribution in [2.24, 2.45) is 0 Å². The van der Waals surface area contributed by atoms with E-state index in [0.29, 0.717) is 0 Å². The van der Waals surface area contributed by atoms with Crippen LogP contribution in [0.1, 0.15) is 11.1 Å². The van der Waals surface area contributed by atoms with E-state index < -0.39 is 93.6 Å². The van der Waals surface area contributed by atoms with Gasteiger partial charge < -0.3 is 0 Å². The highest BCUT2D eigenvalue weighted by Crippen LogP contribution is 2.48. The van der Waals surface area contributed by atoms with Gasteiger partial charge in [0, 0.05) is 0 Å². The lowest BCUT2D eigenvalue weighted by atomic mass is 9.99. The molecule has 2 N–H and O–H groups in total. The van der Waals surface area contributed by atoms with Gasteiger partial charge in [0.2, 0.25) is 11.6 Å². The molecule has 0 atom stereocenters. The number of benzene rings is 2. The Morgan fingerprint density at radius 2 is 0.581 bits per heavy atom. The van der Waals surface area contributed by atoms with Crippen LogP contribution in [0, 0.1) is 58.2 Å². The van der Waals surface area contributed by atoms with E-state index in [2.05, 4.69) is 0 Å². The smallest absolute Gasteiger partial charge is 0.284 e. The van der Waals surface area contributed by atoms with Gasteiger partial charge in [-0.25, -0.2) is 43.9 Å².